The van der Waals surface area contributed by atoms with Crippen molar-refractivity contribution in [2.75, 3.05) is 0 Å². The van der Waals surface area contributed by atoms with Crippen LogP contribution >= 0.6 is 0 Å². The summed E-state index contributed by atoms with van der Waals surface area (Å²) in [4.78, 5) is 0. The molecular weight excluding hydrogens is 432 g/mol. The summed E-state index contributed by atoms with van der Waals surface area (Å²) in [7, 11) is 0. The highest BCUT2D eigenvalue weighted by atomic mass is 14.1. The fourth-order valence-electron chi connectivity index (χ4n) is 5.54. The molecule has 0 heteroatoms. The van der Waals surface area contributed by atoms with E-state index in [0.717, 1.165) is 0 Å². The first kappa shape index (κ1) is 20.7. The maximum Gasteiger partial charge on any atom is -0.00990 e. The Bertz CT molecular complexity index is 1750. The molecule has 168 valence electrons. The van der Waals surface area contributed by atoms with Gasteiger partial charge in [0.25, 0.3) is 0 Å². The van der Waals surface area contributed by atoms with Crippen molar-refractivity contribution in [1.29, 1.82) is 0 Å². The van der Waals surface area contributed by atoms with E-state index in [2.05, 4.69) is 146 Å². The van der Waals surface area contributed by atoms with Crippen LogP contribution in [-0.2, 0) is 0 Å². The molecule has 0 spiro atoms. The quantitative estimate of drug-likeness (QED) is 0.199. The summed E-state index contributed by atoms with van der Waals surface area (Å²) in [6, 6.07) is 52.1. The van der Waals surface area contributed by atoms with Gasteiger partial charge in [-0.1, -0.05) is 146 Å². The molecule has 8 rings (SSSR count). The standard InChI is InChI=1S/2C18H12/c2*1-3-7-15-13(5-1)9-11-18-16-8-4-2-6-14(16)10-12-17(15)18/h2*1-12H. The first-order valence-electron chi connectivity index (χ1n) is 12.5. The molecule has 0 saturated carbocycles. The molecule has 0 saturated heterocycles. The highest BCUT2D eigenvalue weighted by Crippen LogP contribution is 2.32. The molecule has 0 atom stereocenters. The largest absolute Gasteiger partial charge is 0.0616 e. The lowest BCUT2D eigenvalue weighted by Gasteiger charge is -2.07. The Morgan fingerprint density at radius 3 is 0.639 bits per heavy atom. The van der Waals surface area contributed by atoms with Crippen molar-refractivity contribution in [3.05, 3.63) is 146 Å². The first-order valence-corrected chi connectivity index (χ1v) is 12.5. The van der Waals surface area contributed by atoms with Gasteiger partial charge in [-0.3, -0.25) is 0 Å². The molecule has 8 aromatic rings. The van der Waals surface area contributed by atoms with Crippen LogP contribution in [0.25, 0.3) is 64.6 Å². The van der Waals surface area contributed by atoms with Crippen molar-refractivity contribution >= 4 is 64.6 Å². The van der Waals surface area contributed by atoms with E-state index in [-0.39, 0.29) is 0 Å². The van der Waals surface area contributed by atoms with Gasteiger partial charge >= 0.3 is 0 Å². The van der Waals surface area contributed by atoms with Crippen molar-refractivity contribution in [3.63, 3.8) is 0 Å². The molecule has 0 radical (unpaired) electrons. The van der Waals surface area contributed by atoms with Gasteiger partial charge in [0.05, 0.1) is 0 Å². The minimum absolute atomic E-state index is 1.31. The normalized spacial score (nSPS) is 11.3. The summed E-state index contributed by atoms with van der Waals surface area (Å²) in [5.41, 5.74) is 0. The molecule has 0 heterocycles. The maximum atomic E-state index is 2.24. The van der Waals surface area contributed by atoms with Gasteiger partial charge in [-0.2, -0.15) is 0 Å². The van der Waals surface area contributed by atoms with Crippen LogP contribution in [0.1, 0.15) is 0 Å². The molecule has 0 aromatic heterocycles. The molecule has 0 aliphatic rings. The van der Waals surface area contributed by atoms with E-state index in [1.54, 1.807) is 0 Å². The van der Waals surface area contributed by atoms with Crippen molar-refractivity contribution in [1.82, 2.24) is 0 Å². The predicted molar refractivity (Wildman–Crippen MR) is 158 cm³/mol. The second kappa shape index (κ2) is 8.52. The zero-order valence-electron chi connectivity index (χ0n) is 19.9. The van der Waals surface area contributed by atoms with Crippen LogP contribution in [0, 0.1) is 0 Å². The summed E-state index contributed by atoms with van der Waals surface area (Å²) in [6.07, 6.45) is 0. The fourth-order valence-corrected chi connectivity index (χ4v) is 5.54. The van der Waals surface area contributed by atoms with E-state index in [4.69, 9.17) is 0 Å². The van der Waals surface area contributed by atoms with Crippen LogP contribution in [0.15, 0.2) is 146 Å². The average molecular weight is 457 g/mol. The van der Waals surface area contributed by atoms with Gasteiger partial charge in [0.15, 0.2) is 0 Å². The van der Waals surface area contributed by atoms with E-state index < -0.39 is 0 Å². The summed E-state index contributed by atoms with van der Waals surface area (Å²) < 4.78 is 0. The van der Waals surface area contributed by atoms with E-state index >= 15 is 0 Å². The Labute approximate surface area is 210 Å². The molecule has 0 bridgehead atoms. The molecule has 0 aliphatic carbocycles. The average Bonchev–Trinajstić information content (AvgIpc) is 2.97. The Morgan fingerprint density at radius 2 is 0.389 bits per heavy atom. The summed E-state index contributed by atoms with van der Waals surface area (Å²) in [5, 5.41) is 15.9. The fraction of sp³-hybridized carbons (Fsp3) is 0. The van der Waals surface area contributed by atoms with Crippen LogP contribution < -0.4 is 0 Å². The zero-order chi connectivity index (χ0) is 23.9. The van der Waals surface area contributed by atoms with Crippen LogP contribution in [0.3, 0.4) is 0 Å². The summed E-state index contributed by atoms with van der Waals surface area (Å²) >= 11 is 0. The van der Waals surface area contributed by atoms with E-state index in [1.807, 2.05) is 0 Å². The Morgan fingerprint density at radius 1 is 0.167 bits per heavy atom. The van der Waals surface area contributed by atoms with Crippen molar-refractivity contribution in [2.45, 2.75) is 0 Å². The Kier molecular flexibility index (Phi) is 4.89. The van der Waals surface area contributed by atoms with Gasteiger partial charge in [0, 0.05) is 0 Å². The smallest absolute Gasteiger partial charge is 0.00990 e. The number of fused-ring (bicyclic) bond motifs is 10. The molecule has 0 nitrogen and oxygen atoms in total. The van der Waals surface area contributed by atoms with Crippen LogP contribution in [0.4, 0.5) is 0 Å². The monoisotopic (exact) mass is 456 g/mol. The third kappa shape index (κ3) is 3.39. The van der Waals surface area contributed by atoms with Crippen molar-refractivity contribution in [2.24, 2.45) is 0 Å². The molecule has 8 aromatic carbocycles. The highest BCUT2D eigenvalue weighted by Gasteiger charge is 2.04. The second-order valence-electron chi connectivity index (χ2n) is 9.34. The van der Waals surface area contributed by atoms with Gasteiger partial charge in [-0.15, -0.1) is 0 Å². The summed E-state index contributed by atoms with van der Waals surface area (Å²) in [6.45, 7) is 0. The zero-order valence-corrected chi connectivity index (χ0v) is 19.9. The van der Waals surface area contributed by atoms with E-state index in [0.29, 0.717) is 0 Å². The lowest BCUT2D eigenvalue weighted by Crippen LogP contribution is -1.79. The third-order valence-electron chi connectivity index (χ3n) is 7.30. The summed E-state index contributed by atoms with van der Waals surface area (Å²) in [5.74, 6) is 0. The predicted octanol–water partition coefficient (Wildman–Crippen LogP) is 10.3. The van der Waals surface area contributed by atoms with Gasteiger partial charge in [0.1, 0.15) is 0 Å². The van der Waals surface area contributed by atoms with Crippen LogP contribution in [0.5, 0.6) is 0 Å². The van der Waals surface area contributed by atoms with Crippen LogP contribution in [-0.4, -0.2) is 0 Å². The lowest BCUT2D eigenvalue weighted by molar-refractivity contribution is 1.77. The molecule has 0 aliphatic heterocycles. The maximum absolute atomic E-state index is 2.24. The van der Waals surface area contributed by atoms with Crippen molar-refractivity contribution in [3.8, 4) is 0 Å². The number of hydrogen-bond donors (Lipinski definition) is 0. The lowest BCUT2D eigenvalue weighted by atomic mass is 9.97. The second-order valence-corrected chi connectivity index (χ2v) is 9.34. The molecular formula is C36H24. The number of benzene rings is 8. The first-order chi connectivity index (χ1) is 17.9. The Hall–Kier alpha value is -4.68. The van der Waals surface area contributed by atoms with Gasteiger partial charge in [-0.25, -0.2) is 0 Å². The van der Waals surface area contributed by atoms with Gasteiger partial charge in [0.2, 0.25) is 0 Å². The highest BCUT2D eigenvalue weighted by molar-refractivity contribution is 6.18. The van der Waals surface area contributed by atoms with Crippen molar-refractivity contribution < 1.29 is 0 Å². The number of rotatable bonds is 0. The van der Waals surface area contributed by atoms with Gasteiger partial charge in [-0.05, 0) is 64.6 Å². The minimum atomic E-state index is 1.31. The van der Waals surface area contributed by atoms with E-state index in [9.17, 15) is 0 Å². The molecule has 0 unspecified atom stereocenters. The SMILES string of the molecule is c1ccc2c(c1)ccc1c3ccccc3ccc21.c1ccc2c(c1)ccc1c3ccccc3ccc21. The third-order valence-corrected chi connectivity index (χ3v) is 7.30. The van der Waals surface area contributed by atoms with E-state index in [1.165, 1.54) is 64.6 Å². The topological polar surface area (TPSA) is 0 Å². The molecule has 0 fully saturated rings. The molecule has 0 N–H and O–H groups in total. The van der Waals surface area contributed by atoms with Crippen LogP contribution in [0.2, 0.25) is 0 Å². The molecule has 36 heavy (non-hydrogen) atoms. The minimum Gasteiger partial charge on any atom is -0.0616 e. The van der Waals surface area contributed by atoms with Gasteiger partial charge < -0.3 is 0 Å². The Balaban J connectivity index is 0.000000122. The number of hydrogen-bond acceptors (Lipinski definition) is 0. The molecule has 0 amide bonds.